The van der Waals surface area contributed by atoms with E-state index in [1.165, 1.54) is 11.3 Å². The number of hydrogen-bond donors (Lipinski definition) is 2. The standard InChI is InChI=1S/C10H19N3O2S2/c1-7-5-12-10(16-7)9(3)13-17(14,15)8(2)6-11-4/h5,8-9,11,13H,6H2,1-4H3. The van der Waals surface area contributed by atoms with Crippen LogP contribution >= 0.6 is 11.3 Å². The highest BCUT2D eigenvalue weighted by molar-refractivity contribution is 7.90. The predicted molar refractivity (Wildman–Crippen MR) is 70.7 cm³/mol. The van der Waals surface area contributed by atoms with Crippen molar-refractivity contribution in [3.05, 3.63) is 16.1 Å². The summed E-state index contributed by atoms with van der Waals surface area (Å²) in [5.74, 6) is 0. The monoisotopic (exact) mass is 277 g/mol. The van der Waals surface area contributed by atoms with Gasteiger partial charge in [-0.15, -0.1) is 11.3 Å². The fraction of sp³-hybridized carbons (Fsp3) is 0.700. The zero-order chi connectivity index (χ0) is 13.1. The third kappa shape index (κ3) is 4.02. The minimum Gasteiger partial charge on any atom is -0.318 e. The topological polar surface area (TPSA) is 71.1 Å². The van der Waals surface area contributed by atoms with Crippen molar-refractivity contribution < 1.29 is 8.42 Å². The van der Waals surface area contributed by atoms with Gasteiger partial charge in [0.15, 0.2) is 0 Å². The molecule has 1 aromatic heterocycles. The second-order valence-electron chi connectivity index (χ2n) is 4.06. The Hall–Kier alpha value is -0.500. The van der Waals surface area contributed by atoms with Crippen molar-refractivity contribution in [1.29, 1.82) is 0 Å². The molecule has 2 unspecified atom stereocenters. The Labute approximate surface area is 107 Å². The van der Waals surface area contributed by atoms with Crippen LogP contribution in [0, 0.1) is 6.92 Å². The molecule has 2 atom stereocenters. The van der Waals surface area contributed by atoms with Gasteiger partial charge in [-0.3, -0.25) is 0 Å². The van der Waals surface area contributed by atoms with E-state index in [4.69, 9.17) is 0 Å². The van der Waals surface area contributed by atoms with E-state index in [2.05, 4.69) is 15.0 Å². The summed E-state index contributed by atoms with van der Waals surface area (Å²) in [5.41, 5.74) is 0. The molecule has 7 heteroatoms. The minimum atomic E-state index is -3.31. The van der Waals surface area contributed by atoms with Crippen molar-refractivity contribution >= 4 is 21.4 Å². The van der Waals surface area contributed by atoms with Gasteiger partial charge >= 0.3 is 0 Å². The number of nitrogens with zero attached hydrogens (tertiary/aromatic N) is 1. The molecular weight excluding hydrogens is 258 g/mol. The van der Waals surface area contributed by atoms with Crippen molar-refractivity contribution in [1.82, 2.24) is 15.0 Å². The summed E-state index contributed by atoms with van der Waals surface area (Å²) >= 11 is 1.51. The Bertz CT molecular complexity index is 456. The van der Waals surface area contributed by atoms with Gasteiger partial charge in [0.25, 0.3) is 0 Å². The van der Waals surface area contributed by atoms with Crippen LogP contribution in [0.25, 0.3) is 0 Å². The lowest BCUT2D eigenvalue weighted by Crippen LogP contribution is -2.39. The van der Waals surface area contributed by atoms with Crippen molar-refractivity contribution in [3.8, 4) is 0 Å². The van der Waals surface area contributed by atoms with Crippen LogP contribution in [-0.4, -0.2) is 32.2 Å². The summed E-state index contributed by atoms with van der Waals surface area (Å²) in [7, 11) is -1.57. The predicted octanol–water partition coefficient (Wildman–Crippen LogP) is 1.04. The molecule has 0 aliphatic rings. The van der Waals surface area contributed by atoms with Crippen molar-refractivity contribution in [2.45, 2.75) is 32.1 Å². The quantitative estimate of drug-likeness (QED) is 0.815. The third-order valence-electron chi connectivity index (χ3n) is 2.37. The summed E-state index contributed by atoms with van der Waals surface area (Å²) in [4.78, 5) is 5.26. The lowest BCUT2D eigenvalue weighted by Gasteiger charge is -2.16. The molecule has 2 N–H and O–H groups in total. The molecule has 0 aromatic carbocycles. The third-order valence-corrected chi connectivity index (χ3v) is 5.38. The number of aryl methyl sites for hydroxylation is 1. The van der Waals surface area contributed by atoms with E-state index >= 15 is 0 Å². The first-order chi connectivity index (χ1) is 7.86. The highest BCUT2D eigenvalue weighted by atomic mass is 32.2. The van der Waals surface area contributed by atoms with E-state index in [1.54, 1.807) is 20.2 Å². The second-order valence-corrected chi connectivity index (χ2v) is 7.46. The van der Waals surface area contributed by atoms with Gasteiger partial charge in [-0.2, -0.15) is 0 Å². The van der Waals surface area contributed by atoms with Gasteiger partial charge in [0, 0.05) is 17.6 Å². The first kappa shape index (κ1) is 14.6. The van der Waals surface area contributed by atoms with Crippen LogP contribution < -0.4 is 10.0 Å². The van der Waals surface area contributed by atoms with Crippen LogP contribution in [0.2, 0.25) is 0 Å². The number of aromatic nitrogens is 1. The van der Waals surface area contributed by atoms with Gasteiger partial charge in [0.05, 0.1) is 11.3 Å². The number of hydrogen-bond acceptors (Lipinski definition) is 5. The fourth-order valence-electron chi connectivity index (χ4n) is 1.38. The normalized spacial score (nSPS) is 15.8. The van der Waals surface area contributed by atoms with E-state index in [0.717, 1.165) is 9.88 Å². The molecular formula is C10H19N3O2S2. The highest BCUT2D eigenvalue weighted by Gasteiger charge is 2.23. The van der Waals surface area contributed by atoms with Crippen LogP contribution in [0.15, 0.2) is 6.20 Å². The Morgan fingerprint density at radius 2 is 2.12 bits per heavy atom. The minimum absolute atomic E-state index is 0.280. The fourth-order valence-corrected chi connectivity index (χ4v) is 3.46. The van der Waals surface area contributed by atoms with Crippen molar-refractivity contribution in [2.75, 3.05) is 13.6 Å². The van der Waals surface area contributed by atoms with Crippen LogP contribution in [0.1, 0.15) is 29.8 Å². The highest BCUT2D eigenvalue weighted by Crippen LogP contribution is 2.20. The molecule has 17 heavy (non-hydrogen) atoms. The number of sulfonamides is 1. The molecule has 0 radical (unpaired) electrons. The smallest absolute Gasteiger partial charge is 0.216 e. The summed E-state index contributed by atoms with van der Waals surface area (Å²) in [6.45, 7) is 5.87. The molecule has 5 nitrogen and oxygen atoms in total. The molecule has 1 aromatic rings. The first-order valence-electron chi connectivity index (χ1n) is 5.45. The van der Waals surface area contributed by atoms with Crippen molar-refractivity contribution in [3.63, 3.8) is 0 Å². The largest absolute Gasteiger partial charge is 0.318 e. The number of nitrogens with one attached hydrogen (secondary N) is 2. The zero-order valence-corrected chi connectivity index (χ0v) is 12.2. The van der Waals surface area contributed by atoms with E-state index in [0.29, 0.717) is 6.54 Å². The van der Waals surface area contributed by atoms with Crippen molar-refractivity contribution in [2.24, 2.45) is 0 Å². The summed E-state index contributed by atoms with van der Waals surface area (Å²) in [6, 6.07) is -0.280. The molecule has 0 spiro atoms. The SMILES string of the molecule is CNCC(C)S(=O)(=O)NC(C)c1ncc(C)s1. The van der Waals surface area contributed by atoms with Gasteiger partial charge in [-0.1, -0.05) is 0 Å². The molecule has 0 aliphatic heterocycles. The van der Waals surface area contributed by atoms with Gasteiger partial charge in [0.2, 0.25) is 10.0 Å². The maximum atomic E-state index is 11.9. The van der Waals surface area contributed by atoms with E-state index < -0.39 is 15.3 Å². The van der Waals surface area contributed by atoms with Gasteiger partial charge in [0.1, 0.15) is 5.01 Å². The zero-order valence-electron chi connectivity index (χ0n) is 10.5. The van der Waals surface area contributed by atoms with Gasteiger partial charge in [-0.05, 0) is 27.8 Å². The molecule has 0 saturated carbocycles. The molecule has 0 bridgehead atoms. The molecule has 98 valence electrons. The maximum Gasteiger partial charge on any atom is 0.216 e. The van der Waals surface area contributed by atoms with E-state index in [-0.39, 0.29) is 6.04 Å². The van der Waals surface area contributed by atoms with E-state index in [9.17, 15) is 8.42 Å². The molecule has 0 amide bonds. The molecule has 0 saturated heterocycles. The Kier molecular flexibility index (Phi) is 5.05. The van der Waals surface area contributed by atoms with Crippen LogP contribution in [0.4, 0.5) is 0 Å². The summed E-state index contributed by atoms with van der Waals surface area (Å²) in [6.07, 6.45) is 1.75. The van der Waals surface area contributed by atoms with Gasteiger partial charge in [-0.25, -0.2) is 18.1 Å². The maximum absolute atomic E-state index is 11.9. The Morgan fingerprint density at radius 3 is 2.59 bits per heavy atom. The number of thiazole rings is 1. The van der Waals surface area contributed by atoms with Crippen LogP contribution in [0.3, 0.4) is 0 Å². The van der Waals surface area contributed by atoms with Crippen LogP contribution in [-0.2, 0) is 10.0 Å². The average molecular weight is 277 g/mol. The Balaban J connectivity index is 2.71. The van der Waals surface area contributed by atoms with Crippen LogP contribution in [0.5, 0.6) is 0 Å². The molecule has 0 fully saturated rings. The lowest BCUT2D eigenvalue weighted by molar-refractivity contribution is 0.549. The molecule has 0 aliphatic carbocycles. The van der Waals surface area contributed by atoms with E-state index in [1.807, 2.05) is 13.8 Å². The first-order valence-corrected chi connectivity index (χ1v) is 7.81. The average Bonchev–Trinajstić information content (AvgIpc) is 2.64. The van der Waals surface area contributed by atoms with Gasteiger partial charge < -0.3 is 5.32 Å². The number of rotatable bonds is 6. The second kappa shape index (κ2) is 5.90. The Morgan fingerprint density at radius 1 is 1.47 bits per heavy atom. The molecule has 1 heterocycles. The summed E-state index contributed by atoms with van der Waals surface area (Å²) in [5, 5.41) is 3.19. The molecule has 1 rings (SSSR count). The summed E-state index contributed by atoms with van der Waals surface area (Å²) < 4.78 is 26.5. The lowest BCUT2D eigenvalue weighted by atomic mass is 10.4.